The third kappa shape index (κ3) is 3.36. The summed E-state index contributed by atoms with van der Waals surface area (Å²) in [6, 6.07) is 0. The second-order valence-corrected chi connectivity index (χ2v) is 6.47. The van der Waals surface area contributed by atoms with E-state index in [1.807, 2.05) is 25.7 Å². The van der Waals surface area contributed by atoms with Crippen molar-refractivity contribution >= 4 is 5.91 Å². The highest BCUT2D eigenvalue weighted by molar-refractivity contribution is 5.90. The third-order valence-corrected chi connectivity index (χ3v) is 3.60. The Morgan fingerprint density at radius 1 is 1.50 bits per heavy atom. The molecule has 1 atom stereocenters. The maximum atomic E-state index is 12.4. The van der Waals surface area contributed by atoms with E-state index < -0.39 is 0 Å². The van der Waals surface area contributed by atoms with Gasteiger partial charge in [-0.2, -0.15) is 0 Å². The topological polar surface area (TPSA) is 71.1 Å². The van der Waals surface area contributed by atoms with Crippen LogP contribution in [0, 0.1) is 5.92 Å². The van der Waals surface area contributed by atoms with Gasteiger partial charge in [0.25, 0.3) is 5.91 Å². The van der Waals surface area contributed by atoms with Crippen LogP contribution in [0.5, 0.6) is 0 Å². The van der Waals surface area contributed by atoms with Crippen LogP contribution in [0.2, 0.25) is 0 Å². The molecule has 1 amide bonds. The van der Waals surface area contributed by atoms with Gasteiger partial charge >= 0.3 is 0 Å². The predicted molar refractivity (Wildman–Crippen MR) is 75.6 cm³/mol. The van der Waals surface area contributed by atoms with Gasteiger partial charge in [0.05, 0.1) is 6.61 Å². The quantitative estimate of drug-likeness (QED) is 0.913. The molecule has 112 valence electrons. The van der Waals surface area contributed by atoms with Gasteiger partial charge in [0.1, 0.15) is 5.82 Å². The number of amides is 1. The lowest BCUT2D eigenvalue weighted by Gasteiger charge is -2.31. The summed E-state index contributed by atoms with van der Waals surface area (Å²) in [7, 11) is 1.70. The first-order chi connectivity index (χ1) is 9.41. The number of nitrogens with one attached hydrogen (secondary N) is 1. The number of carbonyl (C=O) groups is 1. The third-order valence-electron chi connectivity index (χ3n) is 3.60. The van der Waals surface area contributed by atoms with Crippen LogP contribution in [-0.2, 0) is 10.2 Å². The number of hydrogen-bond acceptors (Lipinski definition) is 4. The highest BCUT2D eigenvalue weighted by Crippen LogP contribution is 2.20. The Hall–Kier alpha value is -1.43. The van der Waals surface area contributed by atoms with Crippen molar-refractivity contribution in [1.82, 2.24) is 20.1 Å². The number of rotatable bonds is 3. The molecule has 1 aromatic rings. The van der Waals surface area contributed by atoms with Crippen molar-refractivity contribution in [2.75, 3.05) is 26.8 Å². The normalized spacial score (nSPS) is 20.2. The highest BCUT2D eigenvalue weighted by Gasteiger charge is 2.28. The van der Waals surface area contributed by atoms with E-state index in [-0.39, 0.29) is 17.1 Å². The maximum absolute atomic E-state index is 12.4. The highest BCUT2D eigenvalue weighted by atomic mass is 16.5. The second kappa shape index (κ2) is 5.91. The van der Waals surface area contributed by atoms with Gasteiger partial charge in [0.15, 0.2) is 0 Å². The first kappa shape index (κ1) is 15.0. The van der Waals surface area contributed by atoms with Gasteiger partial charge in [-0.05, 0) is 18.8 Å². The molecule has 1 N–H and O–H groups in total. The van der Waals surface area contributed by atoms with Crippen LogP contribution in [0.1, 0.15) is 50.1 Å². The molecule has 6 heteroatoms. The zero-order chi connectivity index (χ0) is 14.8. The minimum Gasteiger partial charge on any atom is -0.384 e. The van der Waals surface area contributed by atoms with Gasteiger partial charge in [-0.3, -0.25) is 9.89 Å². The zero-order valence-corrected chi connectivity index (χ0v) is 12.8. The Labute approximate surface area is 119 Å². The van der Waals surface area contributed by atoms with Crippen LogP contribution in [0.15, 0.2) is 0 Å². The molecule has 2 heterocycles. The molecule has 0 saturated carbocycles. The Kier molecular flexibility index (Phi) is 4.42. The molecule has 0 bridgehead atoms. The average Bonchev–Trinajstić information content (AvgIpc) is 2.88. The number of likely N-dealkylation sites (tertiary alicyclic amines) is 1. The lowest BCUT2D eigenvalue weighted by molar-refractivity contribution is 0.0560. The van der Waals surface area contributed by atoms with E-state index in [4.69, 9.17) is 4.74 Å². The van der Waals surface area contributed by atoms with E-state index in [0.717, 1.165) is 31.8 Å². The largest absolute Gasteiger partial charge is 0.384 e. The monoisotopic (exact) mass is 280 g/mol. The minimum absolute atomic E-state index is 0.0856. The number of aromatic nitrogens is 3. The molecule has 0 spiro atoms. The Morgan fingerprint density at radius 3 is 2.85 bits per heavy atom. The fraction of sp³-hybridized carbons (Fsp3) is 0.786. The smallest absolute Gasteiger partial charge is 0.293 e. The van der Waals surface area contributed by atoms with Gasteiger partial charge in [-0.1, -0.05) is 20.8 Å². The van der Waals surface area contributed by atoms with Gasteiger partial charge in [0.2, 0.25) is 5.82 Å². The van der Waals surface area contributed by atoms with E-state index in [1.54, 1.807) is 7.11 Å². The molecular weight excluding hydrogens is 256 g/mol. The number of nitrogens with zero attached hydrogens (tertiary/aromatic N) is 3. The van der Waals surface area contributed by atoms with Crippen LogP contribution < -0.4 is 0 Å². The second-order valence-electron chi connectivity index (χ2n) is 6.47. The average molecular weight is 280 g/mol. The lowest BCUT2D eigenvalue weighted by atomic mass is 9.96. The first-order valence-corrected chi connectivity index (χ1v) is 7.13. The van der Waals surface area contributed by atoms with Gasteiger partial charge in [-0.25, -0.2) is 4.98 Å². The number of aromatic amines is 1. The van der Waals surface area contributed by atoms with Gasteiger partial charge in [-0.15, -0.1) is 5.10 Å². The summed E-state index contributed by atoms with van der Waals surface area (Å²) >= 11 is 0. The number of carbonyl (C=O) groups excluding carboxylic acids is 1. The minimum atomic E-state index is -0.133. The van der Waals surface area contributed by atoms with Crippen molar-refractivity contribution in [1.29, 1.82) is 0 Å². The molecule has 1 aromatic heterocycles. The van der Waals surface area contributed by atoms with E-state index >= 15 is 0 Å². The summed E-state index contributed by atoms with van der Waals surface area (Å²) in [5, 5.41) is 6.94. The standard InChI is InChI=1S/C14H24N4O2/c1-14(2,3)13-15-11(16-17-13)12(19)18-7-5-6-10(8-18)9-20-4/h10H,5-9H2,1-4H3,(H,15,16,17). The van der Waals surface area contributed by atoms with E-state index in [0.29, 0.717) is 12.5 Å². The molecule has 0 aromatic carbocycles. The van der Waals surface area contributed by atoms with Gasteiger partial charge in [0, 0.05) is 25.6 Å². The molecule has 1 unspecified atom stereocenters. The van der Waals surface area contributed by atoms with Crippen molar-refractivity contribution < 1.29 is 9.53 Å². The Morgan fingerprint density at radius 2 is 2.25 bits per heavy atom. The van der Waals surface area contributed by atoms with E-state index in [1.165, 1.54) is 0 Å². The lowest BCUT2D eigenvalue weighted by Crippen LogP contribution is -2.41. The van der Waals surface area contributed by atoms with Crippen LogP contribution in [0.3, 0.4) is 0 Å². The molecular formula is C14H24N4O2. The fourth-order valence-corrected chi connectivity index (χ4v) is 2.46. The van der Waals surface area contributed by atoms with Crippen molar-refractivity contribution in [3.05, 3.63) is 11.6 Å². The van der Waals surface area contributed by atoms with Crippen molar-refractivity contribution in [2.24, 2.45) is 5.92 Å². The molecule has 0 aliphatic carbocycles. The van der Waals surface area contributed by atoms with Crippen molar-refractivity contribution in [3.8, 4) is 0 Å². The van der Waals surface area contributed by atoms with Crippen LogP contribution in [0.25, 0.3) is 0 Å². The molecule has 1 fully saturated rings. The zero-order valence-electron chi connectivity index (χ0n) is 12.8. The fourth-order valence-electron chi connectivity index (χ4n) is 2.46. The van der Waals surface area contributed by atoms with Crippen molar-refractivity contribution in [2.45, 2.75) is 39.0 Å². The Bertz CT molecular complexity index is 462. The molecule has 1 aliphatic heterocycles. The molecule has 6 nitrogen and oxygen atoms in total. The summed E-state index contributed by atoms with van der Waals surface area (Å²) in [4.78, 5) is 18.6. The SMILES string of the molecule is COCC1CCCN(C(=O)c2n[nH]c(C(C)(C)C)n2)C1. The number of H-pyrrole nitrogens is 1. The first-order valence-electron chi connectivity index (χ1n) is 7.13. The van der Waals surface area contributed by atoms with E-state index in [2.05, 4.69) is 15.2 Å². The number of hydrogen-bond donors (Lipinski definition) is 1. The van der Waals surface area contributed by atoms with Crippen molar-refractivity contribution in [3.63, 3.8) is 0 Å². The number of piperidine rings is 1. The summed E-state index contributed by atoms with van der Waals surface area (Å²) < 4.78 is 5.19. The number of ether oxygens (including phenoxy) is 1. The van der Waals surface area contributed by atoms with Crippen LogP contribution >= 0.6 is 0 Å². The summed E-state index contributed by atoms with van der Waals surface area (Å²) in [5.41, 5.74) is -0.133. The summed E-state index contributed by atoms with van der Waals surface area (Å²) in [6.07, 6.45) is 2.12. The van der Waals surface area contributed by atoms with Crippen LogP contribution in [0.4, 0.5) is 0 Å². The summed E-state index contributed by atoms with van der Waals surface area (Å²) in [5.74, 6) is 1.34. The Balaban J connectivity index is 2.05. The molecule has 2 rings (SSSR count). The van der Waals surface area contributed by atoms with Crippen LogP contribution in [-0.4, -0.2) is 52.8 Å². The maximum Gasteiger partial charge on any atom is 0.293 e. The molecule has 1 aliphatic rings. The van der Waals surface area contributed by atoms with E-state index in [9.17, 15) is 4.79 Å². The number of methoxy groups -OCH3 is 1. The molecule has 0 radical (unpaired) electrons. The molecule has 1 saturated heterocycles. The van der Waals surface area contributed by atoms with Gasteiger partial charge < -0.3 is 9.64 Å². The predicted octanol–water partition coefficient (Wildman–Crippen LogP) is 1.60. The molecule has 20 heavy (non-hydrogen) atoms. The summed E-state index contributed by atoms with van der Waals surface area (Å²) in [6.45, 7) is 8.32.